The third-order valence-electron chi connectivity index (χ3n) is 6.69. The van der Waals surface area contributed by atoms with Crippen LogP contribution in [0.15, 0.2) is 0 Å². The molecule has 1 amide bonds. The quantitative estimate of drug-likeness (QED) is 0.755. The highest BCUT2D eigenvalue weighted by Crippen LogP contribution is 2.53. The van der Waals surface area contributed by atoms with Crippen LogP contribution in [0, 0.1) is 35.5 Å². The molecule has 2 N–H and O–H groups in total. The van der Waals surface area contributed by atoms with E-state index in [9.17, 15) is 4.79 Å². The molecule has 0 radical (unpaired) electrons. The van der Waals surface area contributed by atoms with Gasteiger partial charge in [0.2, 0.25) is 0 Å². The Labute approximate surface area is 153 Å². The lowest BCUT2D eigenvalue weighted by atomic mass is 9.54. The van der Waals surface area contributed by atoms with E-state index in [2.05, 4.69) is 24.5 Å². The highest BCUT2D eigenvalue weighted by atomic mass is 16.6. The summed E-state index contributed by atoms with van der Waals surface area (Å²) in [6, 6.07) is 0.718. The molecule has 4 bridgehead atoms. The molecule has 25 heavy (non-hydrogen) atoms. The Morgan fingerprint density at radius 3 is 2.04 bits per heavy atom. The Morgan fingerprint density at radius 1 is 1.00 bits per heavy atom. The summed E-state index contributed by atoms with van der Waals surface area (Å²) in [5.74, 6) is 4.85. The Kier molecular flexibility index (Phi) is 5.67. The summed E-state index contributed by atoms with van der Waals surface area (Å²) in [6.45, 7) is 11.9. The molecule has 4 saturated carbocycles. The number of alkyl carbamates (subject to hydrolysis) is 1. The van der Waals surface area contributed by atoms with E-state index < -0.39 is 5.60 Å². The molecule has 0 aliphatic heterocycles. The first kappa shape index (κ1) is 19.0. The third-order valence-corrected chi connectivity index (χ3v) is 6.69. The fourth-order valence-electron chi connectivity index (χ4n) is 5.62. The molecule has 4 heteroatoms. The van der Waals surface area contributed by atoms with Gasteiger partial charge in [-0.1, -0.05) is 13.8 Å². The first-order chi connectivity index (χ1) is 11.7. The van der Waals surface area contributed by atoms with Gasteiger partial charge in [0.15, 0.2) is 0 Å². The van der Waals surface area contributed by atoms with Gasteiger partial charge in [0.05, 0.1) is 0 Å². The van der Waals surface area contributed by atoms with Crippen LogP contribution >= 0.6 is 0 Å². The SMILES string of the molecule is CC(C)C(CNC(=O)OC(C)(C)C)CNC1C2CC3CC(C2)CC1C3. The average molecular weight is 351 g/mol. The van der Waals surface area contributed by atoms with Crippen molar-refractivity contribution in [2.75, 3.05) is 13.1 Å². The minimum absolute atomic E-state index is 0.298. The predicted molar refractivity (Wildman–Crippen MR) is 101 cm³/mol. The van der Waals surface area contributed by atoms with Crippen molar-refractivity contribution in [3.05, 3.63) is 0 Å². The van der Waals surface area contributed by atoms with Gasteiger partial charge in [-0.2, -0.15) is 0 Å². The summed E-state index contributed by atoms with van der Waals surface area (Å²) < 4.78 is 5.37. The molecule has 144 valence electrons. The van der Waals surface area contributed by atoms with Crippen LogP contribution in [-0.2, 0) is 4.74 Å². The molecule has 0 heterocycles. The van der Waals surface area contributed by atoms with Crippen molar-refractivity contribution in [2.45, 2.75) is 78.4 Å². The molecule has 4 rings (SSSR count). The molecule has 1 atom stereocenters. The molecule has 0 aromatic heterocycles. The maximum absolute atomic E-state index is 11.9. The van der Waals surface area contributed by atoms with Gasteiger partial charge >= 0.3 is 6.09 Å². The second-order valence-corrected chi connectivity index (χ2v) is 10.3. The smallest absolute Gasteiger partial charge is 0.407 e. The van der Waals surface area contributed by atoms with Gasteiger partial charge in [-0.05, 0) is 88.4 Å². The lowest BCUT2D eigenvalue weighted by molar-refractivity contribution is -0.0154. The van der Waals surface area contributed by atoms with Gasteiger partial charge in [0, 0.05) is 19.1 Å². The van der Waals surface area contributed by atoms with E-state index in [1.54, 1.807) is 0 Å². The molecule has 0 aromatic rings. The van der Waals surface area contributed by atoms with Crippen molar-refractivity contribution < 1.29 is 9.53 Å². The predicted octanol–water partition coefficient (Wildman–Crippen LogP) is 4.20. The molecule has 4 fully saturated rings. The molecular formula is C21H38N2O2. The Hall–Kier alpha value is -0.770. The summed E-state index contributed by atoms with van der Waals surface area (Å²) in [5, 5.41) is 6.90. The molecule has 1 unspecified atom stereocenters. The lowest BCUT2D eigenvalue weighted by Gasteiger charge is -2.55. The van der Waals surface area contributed by atoms with Crippen molar-refractivity contribution in [1.82, 2.24) is 10.6 Å². The highest BCUT2D eigenvalue weighted by molar-refractivity contribution is 5.67. The largest absolute Gasteiger partial charge is 0.444 e. The number of amides is 1. The number of hydrogen-bond donors (Lipinski definition) is 2. The minimum atomic E-state index is -0.434. The van der Waals surface area contributed by atoms with Crippen LogP contribution in [0.2, 0.25) is 0 Å². The first-order valence-corrected chi connectivity index (χ1v) is 10.4. The van der Waals surface area contributed by atoms with Crippen LogP contribution in [0.5, 0.6) is 0 Å². The van der Waals surface area contributed by atoms with E-state index in [1.165, 1.54) is 32.1 Å². The average Bonchev–Trinajstić information content (AvgIpc) is 2.46. The Morgan fingerprint density at radius 2 is 1.56 bits per heavy atom. The fraction of sp³-hybridized carbons (Fsp3) is 0.952. The summed E-state index contributed by atoms with van der Waals surface area (Å²) in [4.78, 5) is 11.9. The lowest BCUT2D eigenvalue weighted by Crippen LogP contribution is -2.55. The highest BCUT2D eigenvalue weighted by Gasteiger charge is 2.47. The zero-order valence-electron chi connectivity index (χ0n) is 16.8. The zero-order valence-corrected chi connectivity index (χ0v) is 16.8. The van der Waals surface area contributed by atoms with Crippen molar-refractivity contribution >= 4 is 6.09 Å². The molecule has 4 aliphatic rings. The third kappa shape index (κ3) is 4.90. The number of nitrogens with one attached hydrogen (secondary N) is 2. The van der Waals surface area contributed by atoms with Crippen molar-refractivity contribution in [3.63, 3.8) is 0 Å². The summed E-state index contributed by atoms with van der Waals surface area (Å²) in [6.07, 6.45) is 7.02. The Balaban J connectivity index is 1.47. The van der Waals surface area contributed by atoms with Crippen LogP contribution in [0.3, 0.4) is 0 Å². The monoisotopic (exact) mass is 350 g/mol. The minimum Gasteiger partial charge on any atom is -0.444 e. The van der Waals surface area contributed by atoms with Crippen LogP contribution < -0.4 is 10.6 Å². The van der Waals surface area contributed by atoms with Crippen LogP contribution in [0.4, 0.5) is 4.79 Å². The van der Waals surface area contributed by atoms with Crippen molar-refractivity contribution in [1.29, 1.82) is 0 Å². The summed E-state index contributed by atoms with van der Waals surface area (Å²) >= 11 is 0. The van der Waals surface area contributed by atoms with E-state index in [0.717, 1.165) is 36.3 Å². The van der Waals surface area contributed by atoms with Gasteiger partial charge in [0.1, 0.15) is 5.60 Å². The van der Waals surface area contributed by atoms with Gasteiger partial charge in [0.25, 0.3) is 0 Å². The van der Waals surface area contributed by atoms with Crippen LogP contribution in [0.1, 0.15) is 66.7 Å². The van der Waals surface area contributed by atoms with E-state index in [4.69, 9.17) is 4.74 Å². The number of carbonyl (C=O) groups is 1. The second kappa shape index (κ2) is 7.46. The maximum atomic E-state index is 11.9. The van der Waals surface area contributed by atoms with Gasteiger partial charge in [-0.25, -0.2) is 4.79 Å². The summed E-state index contributed by atoms with van der Waals surface area (Å²) in [7, 11) is 0. The number of carbonyl (C=O) groups excluding carboxylic acids is 1. The fourth-order valence-corrected chi connectivity index (χ4v) is 5.62. The van der Waals surface area contributed by atoms with Crippen molar-refractivity contribution in [2.24, 2.45) is 35.5 Å². The van der Waals surface area contributed by atoms with E-state index in [0.29, 0.717) is 18.4 Å². The number of hydrogen-bond acceptors (Lipinski definition) is 3. The molecular weight excluding hydrogens is 312 g/mol. The standard InChI is InChI=1S/C21H38N2O2/c1-13(2)18(12-23-20(24)25-21(3,4)5)11-22-19-16-7-14-6-15(9-16)10-17(19)8-14/h13-19,22H,6-12H2,1-5H3,(H,23,24). The second-order valence-electron chi connectivity index (χ2n) is 10.3. The zero-order chi connectivity index (χ0) is 18.2. The van der Waals surface area contributed by atoms with E-state index >= 15 is 0 Å². The molecule has 0 aromatic carbocycles. The van der Waals surface area contributed by atoms with Gasteiger partial charge in [-0.3, -0.25) is 0 Å². The van der Waals surface area contributed by atoms with Gasteiger partial charge < -0.3 is 15.4 Å². The normalized spacial score (nSPS) is 35.0. The number of rotatable bonds is 6. The number of ether oxygens (including phenoxy) is 1. The van der Waals surface area contributed by atoms with E-state index in [-0.39, 0.29) is 6.09 Å². The molecule has 0 spiro atoms. The van der Waals surface area contributed by atoms with Gasteiger partial charge in [-0.15, -0.1) is 0 Å². The first-order valence-electron chi connectivity index (χ1n) is 10.4. The Bertz CT molecular complexity index is 441. The molecule has 0 saturated heterocycles. The molecule has 4 nitrogen and oxygen atoms in total. The maximum Gasteiger partial charge on any atom is 0.407 e. The summed E-state index contributed by atoms with van der Waals surface area (Å²) in [5.41, 5.74) is -0.434. The van der Waals surface area contributed by atoms with E-state index in [1.807, 2.05) is 20.8 Å². The van der Waals surface area contributed by atoms with Crippen LogP contribution in [-0.4, -0.2) is 30.8 Å². The topological polar surface area (TPSA) is 50.4 Å². The molecule has 4 aliphatic carbocycles. The van der Waals surface area contributed by atoms with Crippen molar-refractivity contribution in [3.8, 4) is 0 Å². The van der Waals surface area contributed by atoms with Crippen LogP contribution in [0.25, 0.3) is 0 Å².